The Balaban J connectivity index is 3.23. The van der Waals surface area contributed by atoms with Crippen molar-refractivity contribution in [3.05, 3.63) is 12.3 Å². The summed E-state index contributed by atoms with van der Waals surface area (Å²) in [6, 6.07) is 0. The molecule has 11 heavy (non-hydrogen) atoms. The fourth-order valence-electron chi connectivity index (χ4n) is 0.642. The van der Waals surface area contributed by atoms with E-state index in [-0.39, 0.29) is 6.10 Å². The van der Waals surface area contributed by atoms with Crippen LogP contribution in [0.1, 0.15) is 40.0 Å². The molecule has 0 unspecified atom stereocenters. The van der Waals surface area contributed by atoms with E-state index in [0.717, 1.165) is 12.1 Å². The van der Waals surface area contributed by atoms with Crippen LogP contribution in [-0.2, 0) is 4.84 Å². The number of hydroxylamine groups is 1. The summed E-state index contributed by atoms with van der Waals surface area (Å²) in [5, 5.41) is 0. The minimum atomic E-state index is 0.216. The van der Waals surface area contributed by atoms with Crippen LogP contribution in [0, 0.1) is 0 Å². The second-order valence-corrected chi connectivity index (χ2v) is 2.98. The molecule has 0 amide bonds. The fourth-order valence-corrected chi connectivity index (χ4v) is 0.642. The van der Waals surface area contributed by atoms with Gasteiger partial charge in [-0.15, -0.1) is 0 Å². The lowest BCUT2D eigenvalue weighted by Gasteiger charge is -2.11. The van der Waals surface area contributed by atoms with Gasteiger partial charge in [-0.1, -0.05) is 19.9 Å². The molecule has 66 valence electrons. The highest BCUT2D eigenvalue weighted by molar-refractivity contribution is 4.86. The zero-order valence-corrected chi connectivity index (χ0v) is 7.81. The molecule has 0 aromatic heterocycles. The van der Waals surface area contributed by atoms with E-state index in [1.165, 1.54) is 12.8 Å². The number of hydrogen-bond donors (Lipinski definition) is 1. The molecule has 0 saturated carbocycles. The SMILES string of the molecule is C=C(CCCC)NOC(C)C. The second-order valence-electron chi connectivity index (χ2n) is 2.98. The van der Waals surface area contributed by atoms with Crippen molar-refractivity contribution < 1.29 is 4.84 Å². The summed E-state index contributed by atoms with van der Waals surface area (Å²) < 4.78 is 0. The normalized spacial score (nSPS) is 10.2. The minimum absolute atomic E-state index is 0.216. The molecule has 2 nitrogen and oxygen atoms in total. The van der Waals surface area contributed by atoms with E-state index >= 15 is 0 Å². The zero-order chi connectivity index (χ0) is 8.69. The van der Waals surface area contributed by atoms with E-state index in [1.54, 1.807) is 0 Å². The lowest BCUT2D eigenvalue weighted by molar-refractivity contribution is 0.0121. The molecule has 0 aliphatic rings. The van der Waals surface area contributed by atoms with E-state index in [4.69, 9.17) is 4.84 Å². The van der Waals surface area contributed by atoms with Crippen molar-refractivity contribution in [2.45, 2.75) is 46.1 Å². The van der Waals surface area contributed by atoms with Crippen molar-refractivity contribution in [3.63, 3.8) is 0 Å². The summed E-state index contributed by atoms with van der Waals surface area (Å²) in [5.41, 5.74) is 3.80. The highest BCUT2D eigenvalue weighted by atomic mass is 16.7. The Labute approximate surface area is 69.6 Å². The van der Waals surface area contributed by atoms with Crippen LogP contribution in [0.3, 0.4) is 0 Å². The van der Waals surface area contributed by atoms with Gasteiger partial charge in [0, 0.05) is 5.70 Å². The molecule has 0 spiro atoms. The Morgan fingerprint density at radius 1 is 1.55 bits per heavy atom. The monoisotopic (exact) mass is 157 g/mol. The first-order valence-corrected chi connectivity index (χ1v) is 4.26. The van der Waals surface area contributed by atoms with Gasteiger partial charge < -0.3 is 0 Å². The molecule has 0 aromatic carbocycles. The van der Waals surface area contributed by atoms with Gasteiger partial charge in [-0.05, 0) is 26.7 Å². The summed E-state index contributed by atoms with van der Waals surface area (Å²) in [6.45, 7) is 9.96. The Bertz CT molecular complexity index is 110. The van der Waals surface area contributed by atoms with Crippen LogP contribution >= 0.6 is 0 Å². The van der Waals surface area contributed by atoms with Crippen LogP contribution in [0.25, 0.3) is 0 Å². The van der Waals surface area contributed by atoms with Crippen LogP contribution in [0.4, 0.5) is 0 Å². The molecule has 0 aromatic rings. The van der Waals surface area contributed by atoms with Crippen molar-refractivity contribution in [3.8, 4) is 0 Å². The highest BCUT2D eigenvalue weighted by Crippen LogP contribution is 2.01. The largest absolute Gasteiger partial charge is 0.274 e. The predicted molar refractivity (Wildman–Crippen MR) is 48.0 cm³/mol. The highest BCUT2D eigenvalue weighted by Gasteiger charge is 1.94. The number of nitrogens with one attached hydrogen (secondary N) is 1. The average Bonchev–Trinajstić information content (AvgIpc) is 1.97. The minimum Gasteiger partial charge on any atom is -0.274 e. The number of unbranched alkanes of at least 4 members (excludes halogenated alkanes) is 1. The lowest BCUT2D eigenvalue weighted by Crippen LogP contribution is -2.18. The number of rotatable bonds is 6. The van der Waals surface area contributed by atoms with Crippen LogP contribution in [0.5, 0.6) is 0 Å². The third-order valence-corrected chi connectivity index (χ3v) is 1.27. The van der Waals surface area contributed by atoms with Gasteiger partial charge in [0.15, 0.2) is 0 Å². The van der Waals surface area contributed by atoms with E-state index in [1.807, 2.05) is 13.8 Å². The quantitative estimate of drug-likeness (QED) is 0.598. The molecule has 0 radical (unpaired) electrons. The molecule has 0 rings (SSSR count). The third kappa shape index (κ3) is 7.40. The van der Waals surface area contributed by atoms with Crippen molar-refractivity contribution in [2.24, 2.45) is 0 Å². The van der Waals surface area contributed by atoms with Crippen LogP contribution in [0.15, 0.2) is 12.3 Å². The maximum atomic E-state index is 5.15. The summed E-state index contributed by atoms with van der Waals surface area (Å²) in [4.78, 5) is 5.15. The Morgan fingerprint density at radius 3 is 2.64 bits per heavy atom. The Morgan fingerprint density at radius 2 is 2.18 bits per heavy atom. The molecule has 0 aliphatic carbocycles. The molecular weight excluding hydrogens is 138 g/mol. The fraction of sp³-hybridized carbons (Fsp3) is 0.778. The van der Waals surface area contributed by atoms with Gasteiger partial charge in [-0.2, -0.15) is 0 Å². The Kier molecular flexibility index (Phi) is 5.94. The average molecular weight is 157 g/mol. The molecule has 2 heteroatoms. The van der Waals surface area contributed by atoms with Gasteiger partial charge >= 0.3 is 0 Å². The van der Waals surface area contributed by atoms with Crippen LogP contribution in [-0.4, -0.2) is 6.10 Å². The first-order chi connectivity index (χ1) is 5.16. The first kappa shape index (κ1) is 10.5. The summed E-state index contributed by atoms with van der Waals surface area (Å²) in [6.07, 6.45) is 3.59. The molecule has 0 heterocycles. The van der Waals surface area contributed by atoms with Gasteiger partial charge in [0.2, 0.25) is 0 Å². The van der Waals surface area contributed by atoms with Gasteiger partial charge in [0.05, 0.1) is 6.10 Å². The predicted octanol–water partition coefficient (Wildman–Crippen LogP) is 2.62. The van der Waals surface area contributed by atoms with E-state index < -0.39 is 0 Å². The molecule has 0 aliphatic heterocycles. The third-order valence-electron chi connectivity index (χ3n) is 1.27. The van der Waals surface area contributed by atoms with Crippen molar-refractivity contribution in [1.29, 1.82) is 0 Å². The van der Waals surface area contributed by atoms with Gasteiger partial charge in [-0.3, -0.25) is 10.3 Å². The van der Waals surface area contributed by atoms with Gasteiger partial charge in [0.1, 0.15) is 0 Å². The first-order valence-electron chi connectivity index (χ1n) is 4.26. The molecule has 0 fully saturated rings. The smallest absolute Gasteiger partial charge is 0.0797 e. The lowest BCUT2D eigenvalue weighted by atomic mass is 10.2. The van der Waals surface area contributed by atoms with Gasteiger partial charge in [-0.25, -0.2) is 0 Å². The summed E-state index contributed by atoms with van der Waals surface area (Å²) in [7, 11) is 0. The number of hydrogen-bond acceptors (Lipinski definition) is 2. The topological polar surface area (TPSA) is 21.3 Å². The summed E-state index contributed by atoms with van der Waals surface area (Å²) in [5.74, 6) is 0. The van der Waals surface area contributed by atoms with Crippen LogP contribution in [0.2, 0.25) is 0 Å². The second kappa shape index (κ2) is 6.23. The maximum absolute atomic E-state index is 5.15. The summed E-state index contributed by atoms with van der Waals surface area (Å²) >= 11 is 0. The zero-order valence-electron chi connectivity index (χ0n) is 7.81. The maximum Gasteiger partial charge on any atom is 0.0797 e. The van der Waals surface area contributed by atoms with Crippen molar-refractivity contribution in [1.82, 2.24) is 5.48 Å². The van der Waals surface area contributed by atoms with E-state index in [0.29, 0.717) is 0 Å². The molecule has 1 N–H and O–H groups in total. The standard InChI is InChI=1S/C9H19NO/c1-5-6-7-9(4)10-11-8(2)3/h8,10H,4-7H2,1-3H3. The molecule has 0 atom stereocenters. The van der Waals surface area contributed by atoms with Crippen molar-refractivity contribution in [2.75, 3.05) is 0 Å². The Hall–Kier alpha value is -0.500. The molecule has 0 bridgehead atoms. The van der Waals surface area contributed by atoms with E-state index in [9.17, 15) is 0 Å². The number of allylic oxidation sites excluding steroid dienone is 1. The van der Waals surface area contributed by atoms with E-state index in [2.05, 4.69) is 19.0 Å². The van der Waals surface area contributed by atoms with Crippen LogP contribution < -0.4 is 5.48 Å². The van der Waals surface area contributed by atoms with Crippen molar-refractivity contribution >= 4 is 0 Å². The molecular formula is C9H19NO. The van der Waals surface area contributed by atoms with Gasteiger partial charge in [0.25, 0.3) is 0 Å². The molecule has 0 saturated heterocycles.